The molecule has 13 heavy (non-hydrogen) atoms. The number of likely N-dealkylation sites (tertiary alicyclic amines) is 1. The van der Waals surface area contributed by atoms with Gasteiger partial charge in [0.05, 0.1) is 0 Å². The summed E-state index contributed by atoms with van der Waals surface area (Å²) in [5.74, 6) is 0.323. The van der Waals surface area contributed by atoms with Gasteiger partial charge in [-0.05, 0) is 19.4 Å². The fraction of sp³-hybridized carbons (Fsp3) is 0.900. The van der Waals surface area contributed by atoms with E-state index in [4.69, 9.17) is 0 Å². The predicted octanol–water partition coefficient (Wildman–Crippen LogP) is 0.608. The van der Waals surface area contributed by atoms with Crippen molar-refractivity contribution >= 4 is 5.91 Å². The first-order valence-corrected chi connectivity index (χ1v) is 5.17. The lowest BCUT2D eigenvalue weighted by atomic mass is 9.82. The van der Waals surface area contributed by atoms with Crippen LogP contribution in [0.5, 0.6) is 0 Å². The standard InChI is InChI=1S/C10H18N2O/c1-12-8-10(6-9(12)13)4-2-3-5-11-7-10/h11H,2-8H2,1H3. The molecule has 3 heteroatoms. The molecule has 0 saturated carbocycles. The molecular formula is C10H18N2O. The van der Waals surface area contributed by atoms with E-state index in [2.05, 4.69) is 5.32 Å². The molecule has 0 aliphatic carbocycles. The van der Waals surface area contributed by atoms with E-state index in [0.29, 0.717) is 5.91 Å². The van der Waals surface area contributed by atoms with Crippen molar-refractivity contribution in [2.24, 2.45) is 5.41 Å². The van der Waals surface area contributed by atoms with Crippen LogP contribution in [-0.2, 0) is 4.79 Å². The van der Waals surface area contributed by atoms with Gasteiger partial charge >= 0.3 is 0 Å². The maximum Gasteiger partial charge on any atom is 0.223 e. The highest BCUT2D eigenvalue weighted by Gasteiger charge is 2.41. The van der Waals surface area contributed by atoms with Gasteiger partial charge in [-0.25, -0.2) is 0 Å². The van der Waals surface area contributed by atoms with Crippen molar-refractivity contribution in [3.8, 4) is 0 Å². The zero-order valence-corrected chi connectivity index (χ0v) is 8.31. The molecule has 0 radical (unpaired) electrons. The minimum atomic E-state index is 0.266. The molecule has 2 fully saturated rings. The molecule has 1 atom stereocenters. The Bertz CT molecular complexity index is 207. The summed E-state index contributed by atoms with van der Waals surface area (Å²) in [6, 6.07) is 0. The topological polar surface area (TPSA) is 32.3 Å². The van der Waals surface area contributed by atoms with Crippen molar-refractivity contribution in [2.75, 3.05) is 26.7 Å². The third kappa shape index (κ3) is 1.70. The number of nitrogens with one attached hydrogen (secondary N) is 1. The zero-order chi connectivity index (χ0) is 9.31. The van der Waals surface area contributed by atoms with Crippen molar-refractivity contribution in [1.29, 1.82) is 0 Å². The Hall–Kier alpha value is -0.570. The lowest BCUT2D eigenvalue weighted by Crippen LogP contribution is -2.34. The summed E-state index contributed by atoms with van der Waals surface area (Å²) in [5.41, 5.74) is 0.266. The summed E-state index contributed by atoms with van der Waals surface area (Å²) in [6.45, 7) is 3.11. The lowest BCUT2D eigenvalue weighted by molar-refractivity contribution is -0.126. The number of carbonyl (C=O) groups is 1. The zero-order valence-electron chi connectivity index (χ0n) is 8.31. The monoisotopic (exact) mass is 182 g/mol. The molecule has 1 unspecified atom stereocenters. The third-order valence-corrected chi connectivity index (χ3v) is 3.34. The summed E-state index contributed by atoms with van der Waals surface area (Å²) >= 11 is 0. The van der Waals surface area contributed by atoms with E-state index in [0.717, 1.165) is 26.1 Å². The molecule has 2 aliphatic rings. The Morgan fingerprint density at radius 3 is 3.00 bits per heavy atom. The smallest absolute Gasteiger partial charge is 0.223 e. The van der Waals surface area contributed by atoms with Crippen LogP contribution in [0, 0.1) is 5.41 Å². The van der Waals surface area contributed by atoms with Crippen LogP contribution in [0.4, 0.5) is 0 Å². The van der Waals surface area contributed by atoms with Crippen LogP contribution in [0.25, 0.3) is 0 Å². The summed E-state index contributed by atoms with van der Waals surface area (Å²) in [4.78, 5) is 13.3. The third-order valence-electron chi connectivity index (χ3n) is 3.34. The van der Waals surface area contributed by atoms with Crippen molar-refractivity contribution in [3.63, 3.8) is 0 Å². The van der Waals surface area contributed by atoms with Gasteiger partial charge in [-0.15, -0.1) is 0 Å². The highest BCUT2D eigenvalue weighted by Crippen LogP contribution is 2.36. The van der Waals surface area contributed by atoms with E-state index in [-0.39, 0.29) is 5.41 Å². The van der Waals surface area contributed by atoms with Crippen LogP contribution in [0.2, 0.25) is 0 Å². The number of rotatable bonds is 0. The van der Waals surface area contributed by atoms with E-state index in [1.807, 2.05) is 11.9 Å². The Labute approximate surface area is 79.5 Å². The van der Waals surface area contributed by atoms with E-state index in [1.165, 1.54) is 19.3 Å². The Balaban J connectivity index is 2.07. The van der Waals surface area contributed by atoms with Gasteiger partial charge in [0.25, 0.3) is 0 Å². The average molecular weight is 182 g/mol. The Morgan fingerprint density at radius 1 is 1.46 bits per heavy atom. The normalized spacial score (nSPS) is 35.5. The number of carbonyl (C=O) groups excluding carboxylic acids is 1. The minimum Gasteiger partial charge on any atom is -0.345 e. The molecule has 3 nitrogen and oxygen atoms in total. The van der Waals surface area contributed by atoms with Gasteiger partial charge in [0.1, 0.15) is 0 Å². The SMILES string of the molecule is CN1CC2(CCCCNC2)CC1=O. The molecule has 0 bridgehead atoms. The quantitative estimate of drug-likeness (QED) is 0.595. The van der Waals surface area contributed by atoms with Gasteiger partial charge in [0.2, 0.25) is 5.91 Å². The van der Waals surface area contributed by atoms with E-state index >= 15 is 0 Å². The van der Waals surface area contributed by atoms with Gasteiger partial charge < -0.3 is 10.2 Å². The second kappa shape index (κ2) is 3.29. The maximum atomic E-state index is 11.5. The van der Waals surface area contributed by atoms with Crippen molar-refractivity contribution in [3.05, 3.63) is 0 Å². The number of nitrogens with zero attached hydrogens (tertiary/aromatic N) is 1. The lowest BCUT2D eigenvalue weighted by Gasteiger charge is -2.25. The molecule has 2 heterocycles. The average Bonchev–Trinajstić information content (AvgIpc) is 2.29. The van der Waals surface area contributed by atoms with Gasteiger partial charge in [0.15, 0.2) is 0 Å². The first-order valence-electron chi connectivity index (χ1n) is 5.17. The van der Waals surface area contributed by atoms with Crippen molar-refractivity contribution in [1.82, 2.24) is 10.2 Å². The fourth-order valence-electron chi connectivity index (χ4n) is 2.58. The van der Waals surface area contributed by atoms with Crippen LogP contribution in [-0.4, -0.2) is 37.5 Å². The van der Waals surface area contributed by atoms with E-state index in [9.17, 15) is 4.79 Å². The summed E-state index contributed by atoms with van der Waals surface area (Å²) < 4.78 is 0. The Kier molecular flexibility index (Phi) is 2.28. The Morgan fingerprint density at radius 2 is 2.31 bits per heavy atom. The van der Waals surface area contributed by atoms with Gasteiger partial charge in [-0.3, -0.25) is 4.79 Å². The van der Waals surface area contributed by atoms with Crippen molar-refractivity contribution < 1.29 is 4.79 Å². The largest absolute Gasteiger partial charge is 0.345 e. The fourth-order valence-corrected chi connectivity index (χ4v) is 2.58. The summed E-state index contributed by atoms with van der Waals surface area (Å²) in [6.07, 6.45) is 4.51. The first kappa shape index (κ1) is 9.00. The summed E-state index contributed by atoms with van der Waals surface area (Å²) in [5, 5.41) is 3.44. The van der Waals surface area contributed by atoms with Crippen LogP contribution in [0.3, 0.4) is 0 Å². The van der Waals surface area contributed by atoms with Gasteiger partial charge in [-0.1, -0.05) is 6.42 Å². The second-order valence-electron chi connectivity index (χ2n) is 4.56. The molecule has 1 amide bonds. The molecule has 0 aromatic carbocycles. The number of hydrogen-bond acceptors (Lipinski definition) is 2. The van der Waals surface area contributed by atoms with E-state index < -0.39 is 0 Å². The van der Waals surface area contributed by atoms with Gasteiger partial charge in [-0.2, -0.15) is 0 Å². The predicted molar refractivity (Wildman–Crippen MR) is 51.4 cm³/mol. The highest BCUT2D eigenvalue weighted by molar-refractivity contribution is 5.79. The molecule has 2 saturated heterocycles. The minimum absolute atomic E-state index is 0.266. The van der Waals surface area contributed by atoms with Crippen LogP contribution in [0.15, 0.2) is 0 Å². The maximum absolute atomic E-state index is 11.5. The highest BCUT2D eigenvalue weighted by atomic mass is 16.2. The molecule has 1 N–H and O–H groups in total. The first-order chi connectivity index (χ1) is 6.22. The molecule has 0 aromatic heterocycles. The number of amides is 1. The molecule has 0 aromatic rings. The van der Waals surface area contributed by atoms with Crippen LogP contribution in [0.1, 0.15) is 25.7 Å². The molecule has 74 valence electrons. The van der Waals surface area contributed by atoms with Crippen molar-refractivity contribution in [2.45, 2.75) is 25.7 Å². The molecule has 2 rings (SSSR count). The molecule has 2 aliphatic heterocycles. The van der Waals surface area contributed by atoms with Crippen LogP contribution < -0.4 is 5.32 Å². The molecule has 1 spiro atoms. The van der Waals surface area contributed by atoms with Crippen LogP contribution >= 0.6 is 0 Å². The molecular weight excluding hydrogens is 164 g/mol. The van der Waals surface area contributed by atoms with E-state index in [1.54, 1.807) is 0 Å². The van der Waals surface area contributed by atoms with Gasteiger partial charge in [0, 0.05) is 32.0 Å². The number of hydrogen-bond donors (Lipinski definition) is 1. The second-order valence-corrected chi connectivity index (χ2v) is 4.56. The summed E-state index contributed by atoms with van der Waals surface area (Å²) in [7, 11) is 1.92.